The maximum absolute atomic E-state index is 12.6. The SMILES string of the molecule is CCC(C)CC(NC(=N)NC(=O)Cc1ccc(OC)c(OC)c1)C(=O)NCC1CC1. The summed E-state index contributed by atoms with van der Waals surface area (Å²) in [5.41, 5.74) is 0.733. The molecule has 4 N–H and O–H groups in total. The minimum absolute atomic E-state index is 0.0777. The molecule has 8 heteroatoms. The molecule has 2 atom stereocenters. The molecule has 1 aliphatic carbocycles. The minimum atomic E-state index is -0.549. The number of nitrogens with one attached hydrogen (secondary N) is 4. The molecule has 1 fully saturated rings. The fraction of sp³-hybridized carbons (Fsp3) is 0.591. The van der Waals surface area contributed by atoms with E-state index in [2.05, 4.69) is 29.8 Å². The normalized spacial score (nSPS) is 14.9. The third-order valence-corrected chi connectivity index (χ3v) is 5.31. The van der Waals surface area contributed by atoms with Crippen molar-refractivity contribution in [3.8, 4) is 11.5 Å². The van der Waals surface area contributed by atoms with Crippen LogP contribution in [0.25, 0.3) is 0 Å². The summed E-state index contributed by atoms with van der Waals surface area (Å²) in [6, 6.07) is 4.69. The lowest BCUT2D eigenvalue weighted by Gasteiger charge is -2.22. The first-order chi connectivity index (χ1) is 14.4. The summed E-state index contributed by atoms with van der Waals surface area (Å²) in [6.07, 6.45) is 3.93. The van der Waals surface area contributed by atoms with Crippen molar-refractivity contribution < 1.29 is 19.1 Å². The van der Waals surface area contributed by atoms with Gasteiger partial charge in [0.25, 0.3) is 0 Å². The van der Waals surface area contributed by atoms with Gasteiger partial charge in [-0.05, 0) is 48.8 Å². The summed E-state index contributed by atoms with van der Waals surface area (Å²) in [5, 5.41) is 16.5. The molecule has 0 saturated heterocycles. The van der Waals surface area contributed by atoms with E-state index in [1.165, 1.54) is 7.11 Å². The Morgan fingerprint density at radius 1 is 1.20 bits per heavy atom. The summed E-state index contributed by atoms with van der Waals surface area (Å²) in [5.74, 6) is 1.39. The number of hydrogen-bond donors (Lipinski definition) is 4. The molecular formula is C22H34N4O4. The minimum Gasteiger partial charge on any atom is -0.493 e. The van der Waals surface area contributed by atoms with Crippen molar-refractivity contribution >= 4 is 17.8 Å². The molecule has 0 heterocycles. The zero-order valence-electron chi connectivity index (χ0n) is 18.3. The Kier molecular flexibility index (Phi) is 8.95. The predicted molar refractivity (Wildman–Crippen MR) is 116 cm³/mol. The van der Waals surface area contributed by atoms with Crippen molar-refractivity contribution in [1.29, 1.82) is 5.41 Å². The lowest BCUT2D eigenvalue weighted by molar-refractivity contribution is -0.123. The van der Waals surface area contributed by atoms with Gasteiger partial charge in [-0.3, -0.25) is 20.3 Å². The van der Waals surface area contributed by atoms with Gasteiger partial charge in [0, 0.05) is 6.54 Å². The smallest absolute Gasteiger partial charge is 0.242 e. The summed E-state index contributed by atoms with van der Waals surface area (Å²) < 4.78 is 10.5. The van der Waals surface area contributed by atoms with Crippen LogP contribution in [0.15, 0.2) is 18.2 Å². The van der Waals surface area contributed by atoms with E-state index < -0.39 is 6.04 Å². The maximum atomic E-state index is 12.6. The Labute approximate surface area is 178 Å². The van der Waals surface area contributed by atoms with Crippen LogP contribution in [0.1, 0.15) is 45.1 Å². The summed E-state index contributed by atoms with van der Waals surface area (Å²) in [7, 11) is 3.08. The Bertz CT molecular complexity index is 749. The monoisotopic (exact) mass is 418 g/mol. The van der Waals surface area contributed by atoms with Crippen molar-refractivity contribution in [1.82, 2.24) is 16.0 Å². The molecule has 0 spiro atoms. The van der Waals surface area contributed by atoms with Gasteiger partial charge in [-0.1, -0.05) is 26.3 Å². The zero-order chi connectivity index (χ0) is 22.1. The number of carbonyl (C=O) groups is 2. The second-order valence-electron chi connectivity index (χ2n) is 7.92. The van der Waals surface area contributed by atoms with Gasteiger partial charge < -0.3 is 20.1 Å². The first-order valence-corrected chi connectivity index (χ1v) is 10.5. The number of methoxy groups -OCH3 is 2. The van der Waals surface area contributed by atoms with Crippen molar-refractivity contribution in [3.63, 3.8) is 0 Å². The molecular weight excluding hydrogens is 384 g/mol. The fourth-order valence-electron chi connectivity index (χ4n) is 3.06. The van der Waals surface area contributed by atoms with Crippen LogP contribution in [0.5, 0.6) is 11.5 Å². The van der Waals surface area contributed by atoms with E-state index in [-0.39, 0.29) is 24.2 Å². The van der Waals surface area contributed by atoms with Crippen LogP contribution < -0.4 is 25.4 Å². The Balaban J connectivity index is 1.90. The van der Waals surface area contributed by atoms with Crippen molar-refractivity contribution in [2.45, 2.75) is 52.0 Å². The second kappa shape index (κ2) is 11.4. The molecule has 2 amide bonds. The predicted octanol–water partition coefficient (Wildman–Crippen LogP) is 2.22. The number of ether oxygens (including phenoxy) is 2. The van der Waals surface area contributed by atoms with Gasteiger partial charge in [0.15, 0.2) is 17.5 Å². The second-order valence-corrected chi connectivity index (χ2v) is 7.92. The molecule has 0 bridgehead atoms. The lowest BCUT2D eigenvalue weighted by atomic mass is 9.99. The molecule has 8 nitrogen and oxygen atoms in total. The highest BCUT2D eigenvalue weighted by molar-refractivity contribution is 5.98. The summed E-state index contributed by atoms with van der Waals surface area (Å²) in [6.45, 7) is 4.82. The van der Waals surface area contributed by atoms with E-state index in [1.54, 1.807) is 25.3 Å². The number of benzene rings is 1. The summed E-state index contributed by atoms with van der Waals surface area (Å²) in [4.78, 5) is 24.9. The van der Waals surface area contributed by atoms with Crippen molar-refractivity contribution in [2.75, 3.05) is 20.8 Å². The van der Waals surface area contributed by atoms with E-state index in [0.717, 1.165) is 24.8 Å². The molecule has 166 valence electrons. The first-order valence-electron chi connectivity index (χ1n) is 10.5. The van der Waals surface area contributed by atoms with Gasteiger partial charge in [0.2, 0.25) is 11.8 Å². The Morgan fingerprint density at radius 3 is 2.50 bits per heavy atom. The van der Waals surface area contributed by atoms with Crippen molar-refractivity contribution in [3.05, 3.63) is 23.8 Å². The Morgan fingerprint density at radius 2 is 1.90 bits per heavy atom. The molecule has 2 rings (SSSR count). The van der Waals surface area contributed by atoms with Crippen LogP contribution in [-0.4, -0.2) is 44.6 Å². The maximum Gasteiger partial charge on any atom is 0.242 e. The molecule has 0 aromatic heterocycles. The zero-order valence-corrected chi connectivity index (χ0v) is 18.3. The number of guanidine groups is 1. The van der Waals surface area contributed by atoms with Gasteiger partial charge in [-0.15, -0.1) is 0 Å². The third-order valence-electron chi connectivity index (χ3n) is 5.31. The topological polar surface area (TPSA) is 113 Å². The standard InChI is InChI=1S/C22H34N4O4/c1-5-14(2)10-17(21(28)24-13-15-6-7-15)25-22(23)26-20(27)12-16-8-9-18(29-3)19(11-16)30-4/h8-9,11,14-15,17H,5-7,10,12-13H2,1-4H3,(H,24,28)(H3,23,25,26,27). The fourth-order valence-corrected chi connectivity index (χ4v) is 3.06. The Hall–Kier alpha value is -2.77. The van der Waals surface area contributed by atoms with Crippen LogP contribution in [0.2, 0.25) is 0 Å². The average molecular weight is 419 g/mol. The van der Waals surface area contributed by atoms with Crippen LogP contribution >= 0.6 is 0 Å². The number of hydrogen-bond acceptors (Lipinski definition) is 5. The van der Waals surface area contributed by atoms with Gasteiger partial charge in [0.05, 0.1) is 20.6 Å². The largest absolute Gasteiger partial charge is 0.493 e. The van der Waals surface area contributed by atoms with E-state index >= 15 is 0 Å². The van der Waals surface area contributed by atoms with E-state index in [9.17, 15) is 9.59 Å². The van der Waals surface area contributed by atoms with Crippen LogP contribution in [-0.2, 0) is 16.0 Å². The molecule has 1 aromatic rings. The molecule has 2 unspecified atom stereocenters. The number of amides is 2. The van der Waals surface area contributed by atoms with Crippen LogP contribution in [0.3, 0.4) is 0 Å². The van der Waals surface area contributed by atoms with Crippen LogP contribution in [0, 0.1) is 17.2 Å². The van der Waals surface area contributed by atoms with Gasteiger partial charge in [0.1, 0.15) is 6.04 Å². The molecule has 0 aliphatic heterocycles. The highest BCUT2D eigenvalue weighted by atomic mass is 16.5. The highest BCUT2D eigenvalue weighted by Crippen LogP contribution is 2.28. The molecule has 1 saturated carbocycles. The van der Waals surface area contributed by atoms with E-state index in [4.69, 9.17) is 14.9 Å². The van der Waals surface area contributed by atoms with Crippen LogP contribution in [0.4, 0.5) is 0 Å². The first kappa shape index (κ1) is 23.5. The van der Waals surface area contributed by atoms with E-state index in [1.807, 2.05) is 0 Å². The van der Waals surface area contributed by atoms with Gasteiger partial charge >= 0.3 is 0 Å². The highest BCUT2D eigenvalue weighted by Gasteiger charge is 2.26. The quantitative estimate of drug-likeness (QED) is 0.325. The molecule has 1 aliphatic rings. The molecule has 0 radical (unpaired) electrons. The average Bonchev–Trinajstić information content (AvgIpc) is 3.55. The van der Waals surface area contributed by atoms with Gasteiger partial charge in [-0.25, -0.2) is 0 Å². The molecule has 1 aromatic carbocycles. The van der Waals surface area contributed by atoms with Gasteiger partial charge in [-0.2, -0.15) is 0 Å². The summed E-state index contributed by atoms with van der Waals surface area (Å²) >= 11 is 0. The van der Waals surface area contributed by atoms with Crippen molar-refractivity contribution in [2.24, 2.45) is 11.8 Å². The number of rotatable bonds is 11. The van der Waals surface area contributed by atoms with E-state index in [0.29, 0.717) is 36.3 Å². The molecule has 30 heavy (non-hydrogen) atoms. The third kappa shape index (κ3) is 7.57. The number of carbonyl (C=O) groups excluding carboxylic acids is 2. The lowest BCUT2D eigenvalue weighted by Crippen LogP contribution is -2.52.